The molecule has 3 N–H and O–H groups in total. The SMILES string of the molecule is COc1cc(OCC(O)CN2CCN(C(C(N)=O)c3c(C)cccc3C)CC2)cc(OC)c1OC. The number of nitrogens with zero attached hydrogens (tertiary/aromatic N) is 2. The number of primary amides is 1. The van der Waals surface area contributed by atoms with Crippen molar-refractivity contribution >= 4 is 5.91 Å². The average molecular weight is 488 g/mol. The van der Waals surface area contributed by atoms with Crippen LogP contribution in [-0.2, 0) is 4.79 Å². The summed E-state index contributed by atoms with van der Waals surface area (Å²) in [4.78, 5) is 16.7. The number of aliphatic hydroxyl groups excluding tert-OH is 1. The molecule has 3 rings (SSSR count). The van der Waals surface area contributed by atoms with Crippen molar-refractivity contribution in [3.63, 3.8) is 0 Å². The van der Waals surface area contributed by atoms with Crippen LogP contribution in [0, 0.1) is 13.8 Å². The van der Waals surface area contributed by atoms with Crippen molar-refractivity contribution in [3.05, 3.63) is 47.0 Å². The van der Waals surface area contributed by atoms with E-state index in [-0.39, 0.29) is 12.5 Å². The molecule has 192 valence electrons. The summed E-state index contributed by atoms with van der Waals surface area (Å²) in [6.45, 7) is 7.40. The largest absolute Gasteiger partial charge is 0.493 e. The highest BCUT2D eigenvalue weighted by Crippen LogP contribution is 2.40. The second-order valence-electron chi connectivity index (χ2n) is 8.77. The number of carbonyl (C=O) groups is 1. The van der Waals surface area contributed by atoms with Crippen LogP contribution in [0.5, 0.6) is 23.0 Å². The minimum Gasteiger partial charge on any atom is -0.493 e. The van der Waals surface area contributed by atoms with Crippen LogP contribution in [0.25, 0.3) is 0 Å². The van der Waals surface area contributed by atoms with Gasteiger partial charge < -0.3 is 29.8 Å². The lowest BCUT2D eigenvalue weighted by molar-refractivity contribution is -0.124. The normalized spacial score (nSPS) is 16.4. The number of methoxy groups -OCH3 is 3. The Morgan fingerprint density at radius 2 is 1.57 bits per heavy atom. The van der Waals surface area contributed by atoms with Gasteiger partial charge in [-0.3, -0.25) is 14.6 Å². The molecule has 0 radical (unpaired) electrons. The van der Waals surface area contributed by atoms with Crippen LogP contribution in [0.3, 0.4) is 0 Å². The zero-order valence-corrected chi connectivity index (χ0v) is 21.2. The lowest BCUT2D eigenvalue weighted by Gasteiger charge is -2.39. The van der Waals surface area contributed by atoms with Crippen molar-refractivity contribution in [2.75, 3.05) is 60.7 Å². The molecule has 0 spiro atoms. The molecule has 9 nitrogen and oxygen atoms in total. The fraction of sp³-hybridized carbons (Fsp3) is 0.500. The van der Waals surface area contributed by atoms with Gasteiger partial charge in [0.15, 0.2) is 11.5 Å². The maximum absolute atomic E-state index is 12.4. The van der Waals surface area contributed by atoms with Gasteiger partial charge in [-0.25, -0.2) is 0 Å². The zero-order valence-electron chi connectivity index (χ0n) is 21.2. The molecule has 1 aliphatic rings. The quantitative estimate of drug-likeness (QED) is 0.495. The Kier molecular flexibility index (Phi) is 9.20. The standard InChI is InChI=1S/C26H37N3O6/c1-17-7-6-8-18(2)23(17)24(26(27)31)29-11-9-28(10-12-29)15-19(30)16-35-20-13-21(32-3)25(34-5)22(14-20)33-4/h6-8,13-14,19,24,30H,9-12,15-16H2,1-5H3,(H2,27,31). The summed E-state index contributed by atoms with van der Waals surface area (Å²) in [6, 6.07) is 8.96. The van der Waals surface area contributed by atoms with Crippen molar-refractivity contribution in [2.24, 2.45) is 5.73 Å². The van der Waals surface area contributed by atoms with Gasteiger partial charge in [0.1, 0.15) is 24.5 Å². The summed E-state index contributed by atoms with van der Waals surface area (Å²) in [7, 11) is 4.62. The Hall–Kier alpha value is -3.01. The van der Waals surface area contributed by atoms with Crippen LogP contribution in [-0.4, -0.2) is 87.6 Å². The van der Waals surface area contributed by atoms with E-state index in [4.69, 9.17) is 24.7 Å². The van der Waals surface area contributed by atoms with Crippen LogP contribution in [0.15, 0.2) is 30.3 Å². The van der Waals surface area contributed by atoms with Gasteiger partial charge in [-0.1, -0.05) is 18.2 Å². The molecule has 2 unspecified atom stereocenters. The molecular formula is C26H37N3O6. The maximum atomic E-state index is 12.4. The Balaban J connectivity index is 1.56. The molecule has 35 heavy (non-hydrogen) atoms. The number of amides is 1. The minimum atomic E-state index is -0.689. The third-order valence-electron chi connectivity index (χ3n) is 6.41. The predicted octanol–water partition coefficient (Wildman–Crippen LogP) is 1.91. The Morgan fingerprint density at radius 1 is 1.00 bits per heavy atom. The van der Waals surface area contributed by atoms with Crippen molar-refractivity contribution < 1.29 is 28.8 Å². The van der Waals surface area contributed by atoms with Crippen molar-refractivity contribution in [3.8, 4) is 23.0 Å². The molecule has 1 fully saturated rings. The van der Waals surface area contributed by atoms with E-state index in [1.54, 1.807) is 26.4 Å². The van der Waals surface area contributed by atoms with E-state index in [0.29, 0.717) is 42.6 Å². The number of piperazine rings is 1. The van der Waals surface area contributed by atoms with E-state index in [0.717, 1.165) is 29.8 Å². The molecule has 1 heterocycles. The third-order valence-corrected chi connectivity index (χ3v) is 6.41. The Morgan fingerprint density at radius 3 is 2.06 bits per heavy atom. The van der Waals surface area contributed by atoms with Gasteiger partial charge in [0.2, 0.25) is 11.7 Å². The second kappa shape index (κ2) is 12.1. The van der Waals surface area contributed by atoms with Gasteiger partial charge in [-0.05, 0) is 30.5 Å². The number of aryl methyl sites for hydroxylation is 2. The van der Waals surface area contributed by atoms with Gasteiger partial charge in [0.25, 0.3) is 0 Å². The third kappa shape index (κ3) is 6.36. The number of β-amino-alcohol motifs (C(OH)–C–C–N with tert-alkyl or cyclic N) is 1. The maximum Gasteiger partial charge on any atom is 0.239 e. The van der Waals surface area contributed by atoms with Gasteiger partial charge in [-0.15, -0.1) is 0 Å². The summed E-state index contributed by atoms with van der Waals surface area (Å²) >= 11 is 0. The van der Waals surface area contributed by atoms with Crippen LogP contribution < -0.4 is 24.7 Å². The van der Waals surface area contributed by atoms with Gasteiger partial charge >= 0.3 is 0 Å². The van der Waals surface area contributed by atoms with E-state index >= 15 is 0 Å². The van der Waals surface area contributed by atoms with Gasteiger partial charge in [-0.2, -0.15) is 0 Å². The molecule has 0 bridgehead atoms. The number of benzene rings is 2. The molecule has 2 aromatic rings. The predicted molar refractivity (Wildman–Crippen MR) is 133 cm³/mol. The lowest BCUT2D eigenvalue weighted by atomic mass is 9.94. The van der Waals surface area contributed by atoms with Crippen molar-refractivity contribution in [1.82, 2.24) is 9.80 Å². The topological polar surface area (TPSA) is 107 Å². The first-order valence-electron chi connectivity index (χ1n) is 11.7. The number of hydrogen-bond acceptors (Lipinski definition) is 8. The number of hydrogen-bond donors (Lipinski definition) is 2. The zero-order chi connectivity index (χ0) is 25.5. The molecule has 9 heteroatoms. The second-order valence-corrected chi connectivity index (χ2v) is 8.77. The first kappa shape index (κ1) is 26.6. The van der Waals surface area contributed by atoms with Gasteiger partial charge in [0, 0.05) is 44.9 Å². The fourth-order valence-corrected chi connectivity index (χ4v) is 4.65. The molecule has 0 aliphatic carbocycles. The first-order valence-corrected chi connectivity index (χ1v) is 11.7. The average Bonchev–Trinajstić information content (AvgIpc) is 2.84. The summed E-state index contributed by atoms with van der Waals surface area (Å²) in [5.41, 5.74) is 8.95. The number of ether oxygens (including phenoxy) is 4. The number of aliphatic hydroxyl groups is 1. The van der Waals surface area contributed by atoms with E-state index in [1.807, 2.05) is 32.0 Å². The molecule has 1 aliphatic heterocycles. The number of carbonyl (C=O) groups excluding carboxylic acids is 1. The summed E-state index contributed by atoms with van der Waals surface area (Å²) in [5, 5.41) is 10.6. The van der Waals surface area contributed by atoms with Crippen molar-refractivity contribution in [1.29, 1.82) is 0 Å². The Bertz CT molecular complexity index is 961. The van der Waals surface area contributed by atoms with Crippen LogP contribution >= 0.6 is 0 Å². The summed E-state index contributed by atoms with van der Waals surface area (Å²) in [6.07, 6.45) is -0.689. The number of rotatable bonds is 11. The molecule has 1 amide bonds. The van der Waals surface area contributed by atoms with Crippen LogP contribution in [0.1, 0.15) is 22.7 Å². The highest BCUT2D eigenvalue weighted by Gasteiger charge is 2.31. The highest BCUT2D eigenvalue weighted by atomic mass is 16.5. The molecule has 1 saturated heterocycles. The van der Waals surface area contributed by atoms with Crippen LogP contribution in [0.4, 0.5) is 0 Å². The Labute approximate surface area is 207 Å². The van der Waals surface area contributed by atoms with Crippen LogP contribution in [0.2, 0.25) is 0 Å². The molecule has 2 atom stereocenters. The first-order chi connectivity index (χ1) is 16.8. The van der Waals surface area contributed by atoms with E-state index in [1.165, 1.54) is 7.11 Å². The number of nitrogens with two attached hydrogens (primary N) is 1. The molecule has 2 aromatic carbocycles. The minimum absolute atomic E-state index is 0.116. The molecule has 0 aromatic heterocycles. The summed E-state index contributed by atoms with van der Waals surface area (Å²) < 4.78 is 21.8. The monoisotopic (exact) mass is 487 g/mol. The fourth-order valence-electron chi connectivity index (χ4n) is 4.65. The molecular weight excluding hydrogens is 450 g/mol. The lowest BCUT2D eigenvalue weighted by Crippen LogP contribution is -2.52. The van der Waals surface area contributed by atoms with E-state index in [2.05, 4.69) is 9.80 Å². The smallest absolute Gasteiger partial charge is 0.239 e. The van der Waals surface area contributed by atoms with Gasteiger partial charge in [0.05, 0.1) is 21.3 Å². The van der Waals surface area contributed by atoms with E-state index in [9.17, 15) is 9.90 Å². The van der Waals surface area contributed by atoms with E-state index < -0.39 is 12.1 Å². The molecule has 0 saturated carbocycles. The summed E-state index contributed by atoms with van der Waals surface area (Å²) in [5.74, 6) is 1.63. The van der Waals surface area contributed by atoms with Crippen molar-refractivity contribution in [2.45, 2.75) is 26.0 Å². The highest BCUT2D eigenvalue weighted by molar-refractivity contribution is 5.82.